The Morgan fingerprint density at radius 1 is 1.40 bits per heavy atom. The second-order valence-corrected chi connectivity index (χ2v) is 4.63. The average Bonchev–Trinajstić information content (AvgIpc) is 2.46. The second-order valence-electron chi connectivity index (χ2n) is 4.63. The molecule has 0 saturated carbocycles. The molecule has 1 N–H and O–H groups in total. The summed E-state index contributed by atoms with van der Waals surface area (Å²) in [6.45, 7) is 1.43. The SMILES string of the molecule is COCCCN(C)c1nc(C(=O)O)cc2ccccc12. The third-order valence-electron chi connectivity index (χ3n) is 3.14. The van der Waals surface area contributed by atoms with Crippen LogP contribution in [0.2, 0.25) is 0 Å². The molecule has 0 atom stereocenters. The highest BCUT2D eigenvalue weighted by molar-refractivity contribution is 5.97. The highest BCUT2D eigenvalue weighted by Crippen LogP contribution is 2.25. The minimum Gasteiger partial charge on any atom is -0.477 e. The first-order valence-electron chi connectivity index (χ1n) is 6.46. The number of fused-ring (bicyclic) bond motifs is 1. The molecule has 20 heavy (non-hydrogen) atoms. The van der Waals surface area contributed by atoms with Gasteiger partial charge >= 0.3 is 5.97 Å². The Kier molecular flexibility index (Phi) is 4.53. The molecule has 0 unspecified atom stereocenters. The fourth-order valence-corrected chi connectivity index (χ4v) is 2.13. The maximum Gasteiger partial charge on any atom is 0.354 e. The number of anilines is 1. The van der Waals surface area contributed by atoms with Crippen molar-refractivity contribution in [3.63, 3.8) is 0 Å². The summed E-state index contributed by atoms with van der Waals surface area (Å²) in [7, 11) is 3.58. The van der Waals surface area contributed by atoms with Crippen LogP contribution in [0.5, 0.6) is 0 Å². The lowest BCUT2D eigenvalue weighted by Crippen LogP contribution is -2.22. The largest absolute Gasteiger partial charge is 0.477 e. The molecule has 0 amide bonds. The molecule has 0 fully saturated rings. The van der Waals surface area contributed by atoms with Crippen molar-refractivity contribution >= 4 is 22.6 Å². The molecule has 0 aliphatic rings. The van der Waals surface area contributed by atoms with Crippen LogP contribution in [0.1, 0.15) is 16.9 Å². The first kappa shape index (κ1) is 14.3. The lowest BCUT2D eigenvalue weighted by molar-refractivity contribution is 0.0691. The Labute approximate surface area is 117 Å². The van der Waals surface area contributed by atoms with Crippen LogP contribution in [-0.4, -0.2) is 43.4 Å². The van der Waals surface area contributed by atoms with E-state index in [1.807, 2.05) is 36.2 Å². The van der Waals surface area contributed by atoms with Gasteiger partial charge in [0.1, 0.15) is 5.82 Å². The van der Waals surface area contributed by atoms with Gasteiger partial charge in [0, 0.05) is 32.7 Å². The van der Waals surface area contributed by atoms with E-state index in [1.165, 1.54) is 0 Å². The predicted molar refractivity (Wildman–Crippen MR) is 78.5 cm³/mol. The van der Waals surface area contributed by atoms with Crippen molar-refractivity contribution in [2.45, 2.75) is 6.42 Å². The highest BCUT2D eigenvalue weighted by Gasteiger charge is 2.13. The van der Waals surface area contributed by atoms with Crippen LogP contribution >= 0.6 is 0 Å². The van der Waals surface area contributed by atoms with Crippen molar-refractivity contribution in [1.82, 2.24) is 4.98 Å². The van der Waals surface area contributed by atoms with E-state index in [2.05, 4.69) is 4.98 Å². The minimum atomic E-state index is -1.01. The summed E-state index contributed by atoms with van der Waals surface area (Å²) in [5.74, 6) is -0.320. The Bertz CT molecular complexity index is 613. The van der Waals surface area contributed by atoms with Gasteiger partial charge in [-0.05, 0) is 17.9 Å². The van der Waals surface area contributed by atoms with Crippen LogP contribution in [0, 0.1) is 0 Å². The van der Waals surface area contributed by atoms with Gasteiger partial charge in [-0.25, -0.2) is 9.78 Å². The summed E-state index contributed by atoms with van der Waals surface area (Å²) in [4.78, 5) is 17.4. The Morgan fingerprint density at radius 3 is 2.85 bits per heavy atom. The fraction of sp³-hybridized carbons (Fsp3) is 0.333. The zero-order chi connectivity index (χ0) is 14.5. The summed E-state index contributed by atoms with van der Waals surface area (Å²) in [6.07, 6.45) is 0.861. The molecule has 1 aromatic carbocycles. The number of rotatable bonds is 6. The van der Waals surface area contributed by atoms with Gasteiger partial charge in [-0.1, -0.05) is 24.3 Å². The van der Waals surface area contributed by atoms with Crippen LogP contribution in [0.15, 0.2) is 30.3 Å². The van der Waals surface area contributed by atoms with E-state index in [0.29, 0.717) is 12.4 Å². The number of aromatic nitrogens is 1. The van der Waals surface area contributed by atoms with Crippen LogP contribution in [0.3, 0.4) is 0 Å². The molecular formula is C15H18N2O3. The first-order valence-corrected chi connectivity index (χ1v) is 6.46. The van der Waals surface area contributed by atoms with E-state index < -0.39 is 5.97 Å². The molecule has 106 valence electrons. The number of carboxylic acid groups (broad SMARTS) is 1. The first-order chi connectivity index (χ1) is 9.63. The highest BCUT2D eigenvalue weighted by atomic mass is 16.5. The molecule has 0 bridgehead atoms. The van der Waals surface area contributed by atoms with Crippen molar-refractivity contribution in [3.8, 4) is 0 Å². The van der Waals surface area contributed by atoms with Gasteiger partial charge in [0.15, 0.2) is 5.69 Å². The van der Waals surface area contributed by atoms with Gasteiger partial charge < -0.3 is 14.7 Å². The number of hydrogen-bond acceptors (Lipinski definition) is 4. The number of nitrogens with zero attached hydrogens (tertiary/aromatic N) is 2. The standard InChI is InChI=1S/C15H18N2O3/c1-17(8-5-9-20-2)14-12-7-4-3-6-11(12)10-13(16-14)15(18)19/h3-4,6-7,10H,5,8-9H2,1-2H3,(H,18,19). The smallest absolute Gasteiger partial charge is 0.354 e. The van der Waals surface area contributed by atoms with Crippen molar-refractivity contribution in [2.75, 3.05) is 32.2 Å². The van der Waals surface area contributed by atoms with Gasteiger partial charge in [0.25, 0.3) is 0 Å². The number of carboxylic acids is 1. The summed E-state index contributed by atoms with van der Waals surface area (Å²) < 4.78 is 5.04. The molecule has 5 nitrogen and oxygen atoms in total. The van der Waals surface area contributed by atoms with Crippen LogP contribution < -0.4 is 4.90 Å². The third kappa shape index (κ3) is 3.05. The van der Waals surface area contributed by atoms with Gasteiger partial charge in [-0.15, -0.1) is 0 Å². The van der Waals surface area contributed by atoms with Crippen molar-refractivity contribution < 1.29 is 14.6 Å². The minimum absolute atomic E-state index is 0.0669. The van der Waals surface area contributed by atoms with E-state index in [1.54, 1.807) is 13.2 Å². The Morgan fingerprint density at radius 2 is 2.15 bits per heavy atom. The molecule has 5 heteroatoms. The number of ether oxygens (including phenoxy) is 1. The fourth-order valence-electron chi connectivity index (χ4n) is 2.13. The zero-order valence-corrected chi connectivity index (χ0v) is 11.7. The maximum atomic E-state index is 11.2. The quantitative estimate of drug-likeness (QED) is 0.820. The number of aromatic carboxylic acids is 1. The number of carbonyl (C=O) groups is 1. The number of pyridine rings is 1. The summed E-state index contributed by atoms with van der Waals surface area (Å²) in [5.41, 5.74) is 0.0669. The molecule has 2 aromatic rings. The molecular weight excluding hydrogens is 256 g/mol. The van der Waals surface area contributed by atoms with Crippen molar-refractivity contribution in [1.29, 1.82) is 0 Å². The maximum absolute atomic E-state index is 11.2. The Hall–Kier alpha value is -2.14. The molecule has 0 spiro atoms. The molecule has 1 aromatic heterocycles. The monoisotopic (exact) mass is 274 g/mol. The molecule has 0 radical (unpaired) electrons. The van der Waals surface area contributed by atoms with Gasteiger partial charge in [-0.3, -0.25) is 0 Å². The van der Waals surface area contributed by atoms with Crippen LogP contribution in [0.25, 0.3) is 10.8 Å². The van der Waals surface area contributed by atoms with Gasteiger partial charge in [-0.2, -0.15) is 0 Å². The van der Waals surface area contributed by atoms with E-state index in [4.69, 9.17) is 9.84 Å². The zero-order valence-electron chi connectivity index (χ0n) is 11.7. The van der Waals surface area contributed by atoms with Gasteiger partial charge in [0.05, 0.1) is 0 Å². The number of methoxy groups -OCH3 is 1. The lowest BCUT2D eigenvalue weighted by Gasteiger charge is -2.20. The summed E-state index contributed by atoms with van der Waals surface area (Å²) >= 11 is 0. The van der Waals surface area contributed by atoms with Crippen molar-refractivity contribution in [2.24, 2.45) is 0 Å². The molecule has 0 aliphatic carbocycles. The summed E-state index contributed by atoms with van der Waals surface area (Å²) in [5, 5.41) is 11.0. The second kappa shape index (κ2) is 6.34. The van der Waals surface area contributed by atoms with Crippen LogP contribution in [-0.2, 0) is 4.74 Å². The van der Waals surface area contributed by atoms with E-state index in [0.717, 1.165) is 23.7 Å². The Balaban J connectivity index is 2.41. The predicted octanol–water partition coefficient (Wildman–Crippen LogP) is 2.41. The number of benzene rings is 1. The normalized spacial score (nSPS) is 10.7. The van der Waals surface area contributed by atoms with Gasteiger partial charge in [0.2, 0.25) is 0 Å². The molecule has 0 saturated heterocycles. The third-order valence-corrected chi connectivity index (χ3v) is 3.14. The van der Waals surface area contributed by atoms with Crippen molar-refractivity contribution in [3.05, 3.63) is 36.0 Å². The lowest BCUT2D eigenvalue weighted by atomic mass is 10.1. The number of hydrogen-bond donors (Lipinski definition) is 1. The summed E-state index contributed by atoms with van der Waals surface area (Å²) in [6, 6.07) is 9.27. The molecule has 0 aliphatic heterocycles. The average molecular weight is 274 g/mol. The van der Waals surface area contributed by atoms with Crippen LogP contribution in [0.4, 0.5) is 5.82 Å². The van der Waals surface area contributed by atoms with E-state index in [9.17, 15) is 4.79 Å². The molecule has 2 rings (SSSR count). The van der Waals surface area contributed by atoms with E-state index >= 15 is 0 Å². The topological polar surface area (TPSA) is 62.7 Å². The van der Waals surface area contributed by atoms with E-state index in [-0.39, 0.29) is 5.69 Å². The molecule has 1 heterocycles.